The Kier molecular flexibility index (Phi) is 4.06. The van der Waals surface area contributed by atoms with Crippen molar-refractivity contribution < 1.29 is 13.2 Å². The topological polar surface area (TPSA) is 49.8 Å². The standard InChI is InChI=1S/C15H10ClF3N4/c16-10-6-7-11-12(8-10)21-14(22-23-15(17,18)19)13(20-11)9-4-2-1-3-5-9/h1-8,23H,(H,21,22). The van der Waals surface area contributed by atoms with Crippen LogP contribution in [0.1, 0.15) is 0 Å². The molecule has 23 heavy (non-hydrogen) atoms. The van der Waals surface area contributed by atoms with Gasteiger partial charge >= 0.3 is 6.30 Å². The minimum atomic E-state index is -4.60. The fourth-order valence-corrected chi connectivity index (χ4v) is 2.21. The maximum atomic E-state index is 12.4. The van der Waals surface area contributed by atoms with E-state index in [0.717, 1.165) is 0 Å². The molecule has 0 saturated heterocycles. The zero-order chi connectivity index (χ0) is 16.4. The maximum Gasteiger partial charge on any atom is 0.474 e. The molecule has 0 bridgehead atoms. The highest BCUT2D eigenvalue weighted by Gasteiger charge is 2.27. The fourth-order valence-electron chi connectivity index (χ4n) is 2.04. The van der Waals surface area contributed by atoms with Crippen LogP contribution >= 0.6 is 11.6 Å². The van der Waals surface area contributed by atoms with E-state index in [4.69, 9.17) is 11.6 Å². The highest BCUT2D eigenvalue weighted by atomic mass is 35.5. The van der Waals surface area contributed by atoms with Crippen molar-refractivity contribution in [3.05, 3.63) is 53.6 Å². The van der Waals surface area contributed by atoms with E-state index in [0.29, 0.717) is 27.3 Å². The number of aromatic nitrogens is 2. The number of fused-ring (bicyclic) bond motifs is 1. The fraction of sp³-hybridized carbons (Fsp3) is 0.0667. The molecule has 0 unspecified atom stereocenters. The molecule has 2 N–H and O–H groups in total. The smallest absolute Gasteiger partial charge is 0.297 e. The third-order valence-corrected chi connectivity index (χ3v) is 3.23. The summed E-state index contributed by atoms with van der Waals surface area (Å²) in [6.45, 7) is 0. The van der Waals surface area contributed by atoms with Gasteiger partial charge in [0.2, 0.25) is 0 Å². The van der Waals surface area contributed by atoms with Gasteiger partial charge in [-0.3, -0.25) is 5.43 Å². The molecule has 2 aromatic carbocycles. The largest absolute Gasteiger partial charge is 0.474 e. The lowest BCUT2D eigenvalue weighted by molar-refractivity contribution is -0.151. The van der Waals surface area contributed by atoms with Gasteiger partial charge in [0.15, 0.2) is 5.82 Å². The number of halogens is 4. The number of hydrazine groups is 1. The van der Waals surface area contributed by atoms with Crippen LogP contribution in [0.5, 0.6) is 0 Å². The first-order chi connectivity index (χ1) is 10.9. The minimum Gasteiger partial charge on any atom is -0.297 e. The molecule has 1 aromatic heterocycles. The lowest BCUT2D eigenvalue weighted by atomic mass is 10.1. The molecular formula is C15H10ClF3N4. The molecule has 1 heterocycles. The van der Waals surface area contributed by atoms with E-state index >= 15 is 0 Å². The Morgan fingerprint density at radius 2 is 1.65 bits per heavy atom. The van der Waals surface area contributed by atoms with Gasteiger partial charge in [0.25, 0.3) is 0 Å². The van der Waals surface area contributed by atoms with Crippen LogP contribution in [0.15, 0.2) is 48.5 Å². The van der Waals surface area contributed by atoms with Crippen molar-refractivity contribution in [2.24, 2.45) is 0 Å². The lowest BCUT2D eigenvalue weighted by Crippen LogP contribution is -2.37. The van der Waals surface area contributed by atoms with E-state index in [-0.39, 0.29) is 5.82 Å². The third kappa shape index (κ3) is 3.69. The maximum absolute atomic E-state index is 12.4. The van der Waals surface area contributed by atoms with Crippen LogP contribution in [0.3, 0.4) is 0 Å². The molecule has 0 aliphatic heterocycles. The average Bonchev–Trinajstić information content (AvgIpc) is 2.52. The predicted octanol–water partition coefficient (Wildman–Crippen LogP) is 4.39. The van der Waals surface area contributed by atoms with Crippen molar-refractivity contribution in [1.82, 2.24) is 15.4 Å². The molecule has 0 fully saturated rings. The Hall–Kier alpha value is -2.38. The second-order valence-corrected chi connectivity index (χ2v) is 5.10. The first-order valence-electron chi connectivity index (χ1n) is 6.55. The average molecular weight is 339 g/mol. The first-order valence-corrected chi connectivity index (χ1v) is 6.93. The lowest BCUT2D eigenvalue weighted by Gasteiger charge is -2.14. The molecule has 0 atom stereocenters. The molecule has 0 amide bonds. The van der Waals surface area contributed by atoms with Gasteiger partial charge in [-0.25, -0.2) is 9.97 Å². The van der Waals surface area contributed by atoms with Crippen LogP contribution < -0.4 is 10.9 Å². The van der Waals surface area contributed by atoms with Crippen LogP contribution in [0.4, 0.5) is 19.0 Å². The molecular weight excluding hydrogens is 329 g/mol. The molecule has 3 rings (SSSR count). The number of alkyl halides is 3. The van der Waals surface area contributed by atoms with Gasteiger partial charge in [0.05, 0.1) is 11.0 Å². The monoisotopic (exact) mass is 338 g/mol. The van der Waals surface area contributed by atoms with Crippen LogP contribution in [0.2, 0.25) is 5.02 Å². The highest BCUT2D eigenvalue weighted by molar-refractivity contribution is 6.31. The normalized spacial score (nSPS) is 11.7. The van der Waals surface area contributed by atoms with Gasteiger partial charge in [-0.2, -0.15) is 13.2 Å². The molecule has 4 nitrogen and oxygen atoms in total. The number of nitrogens with zero attached hydrogens (tertiary/aromatic N) is 2. The Balaban J connectivity index is 2.12. The zero-order valence-corrected chi connectivity index (χ0v) is 12.3. The zero-order valence-electron chi connectivity index (χ0n) is 11.5. The van der Waals surface area contributed by atoms with Crippen LogP contribution in [0.25, 0.3) is 22.3 Å². The Bertz CT molecular complexity index is 837. The molecule has 3 aromatic rings. The summed E-state index contributed by atoms with van der Waals surface area (Å²) in [7, 11) is 0. The van der Waals surface area contributed by atoms with Gasteiger partial charge in [-0.1, -0.05) is 41.9 Å². The summed E-state index contributed by atoms with van der Waals surface area (Å²) in [5.41, 5.74) is 5.18. The number of hydrogen-bond acceptors (Lipinski definition) is 4. The van der Waals surface area contributed by atoms with Crippen LogP contribution in [-0.2, 0) is 0 Å². The van der Waals surface area contributed by atoms with E-state index < -0.39 is 6.30 Å². The summed E-state index contributed by atoms with van der Waals surface area (Å²) >= 11 is 5.89. The third-order valence-electron chi connectivity index (χ3n) is 3.00. The second-order valence-electron chi connectivity index (χ2n) is 4.67. The first kappa shape index (κ1) is 15.5. The highest BCUT2D eigenvalue weighted by Crippen LogP contribution is 2.28. The Morgan fingerprint density at radius 1 is 0.913 bits per heavy atom. The Labute approximate surface area is 134 Å². The quantitative estimate of drug-likeness (QED) is 0.549. The summed E-state index contributed by atoms with van der Waals surface area (Å²) in [6.07, 6.45) is -4.60. The van der Waals surface area contributed by atoms with Crippen molar-refractivity contribution in [3.8, 4) is 11.3 Å². The number of rotatable bonds is 3. The number of nitrogens with one attached hydrogen (secondary N) is 2. The second kappa shape index (κ2) is 6.02. The van der Waals surface area contributed by atoms with E-state index in [1.54, 1.807) is 42.5 Å². The van der Waals surface area contributed by atoms with Crippen molar-refractivity contribution in [3.63, 3.8) is 0 Å². The summed E-state index contributed by atoms with van der Waals surface area (Å²) in [5, 5.41) is 0.425. The van der Waals surface area contributed by atoms with Crippen molar-refractivity contribution in [2.75, 3.05) is 5.43 Å². The number of hydrogen-bond donors (Lipinski definition) is 2. The molecule has 0 saturated carbocycles. The van der Waals surface area contributed by atoms with Gasteiger partial charge in [0.1, 0.15) is 5.69 Å². The number of benzene rings is 2. The summed E-state index contributed by atoms with van der Waals surface area (Å²) < 4.78 is 37.2. The van der Waals surface area contributed by atoms with E-state index in [9.17, 15) is 13.2 Å². The van der Waals surface area contributed by atoms with Crippen molar-refractivity contribution in [2.45, 2.75) is 6.30 Å². The van der Waals surface area contributed by atoms with Crippen LogP contribution in [0, 0.1) is 0 Å². The summed E-state index contributed by atoms with van der Waals surface area (Å²) in [4.78, 5) is 8.59. The van der Waals surface area contributed by atoms with Gasteiger partial charge < -0.3 is 0 Å². The molecule has 0 aliphatic carbocycles. The predicted molar refractivity (Wildman–Crippen MR) is 82.8 cm³/mol. The van der Waals surface area contributed by atoms with E-state index in [2.05, 4.69) is 15.4 Å². The summed E-state index contributed by atoms with van der Waals surface area (Å²) in [6, 6.07) is 13.7. The molecule has 0 spiro atoms. The molecule has 118 valence electrons. The van der Waals surface area contributed by atoms with Crippen LogP contribution in [-0.4, -0.2) is 16.3 Å². The van der Waals surface area contributed by atoms with Gasteiger partial charge in [0, 0.05) is 10.6 Å². The SMILES string of the molecule is FC(F)(F)NNc1nc2cc(Cl)ccc2nc1-c1ccccc1. The summed E-state index contributed by atoms with van der Waals surface area (Å²) in [5.74, 6) is -0.0386. The molecule has 0 aliphatic rings. The van der Waals surface area contributed by atoms with Crippen molar-refractivity contribution >= 4 is 28.5 Å². The van der Waals surface area contributed by atoms with Gasteiger partial charge in [-0.05, 0) is 18.2 Å². The molecule has 8 heteroatoms. The molecule has 0 radical (unpaired) electrons. The van der Waals surface area contributed by atoms with Gasteiger partial charge in [-0.15, -0.1) is 5.43 Å². The van der Waals surface area contributed by atoms with E-state index in [1.807, 2.05) is 0 Å². The number of anilines is 1. The minimum absolute atomic E-state index is 0.0386. The van der Waals surface area contributed by atoms with E-state index in [1.165, 1.54) is 11.5 Å². The Morgan fingerprint density at radius 3 is 2.35 bits per heavy atom. The van der Waals surface area contributed by atoms with Crippen molar-refractivity contribution in [1.29, 1.82) is 0 Å².